The van der Waals surface area contributed by atoms with Crippen LogP contribution in [0.2, 0.25) is 0 Å². The van der Waals surface area contributed by atoms with E-state index in [9.17, 15) is 10.2 Å². The van der Waals surface area contributed by atoms with Crippen LogP contribution in [0, 0.1) is 23.2 Å². The molecule has 5 nitrogen and oxygen atoms in total. The van der Waals surface area contributed by atoms with Gasteiger partial charge in [-0.1, -0.05) is 12.1 Å². The van der Waals surface area contributed by atoms with Gasteiger partial charge in [0.1, 0.15) is 5.52 Å². The average Bonchev–Trinajstić information content (AvgIpc) is 2.92. The first-order valence-electron chi connectivity index (χ1n) is 8.61. The molecule has 1 heterocycles. The van der Waals surface area contributed by atoms with Gasteiger partial charge in [-0.25, -0.2) is 0 Å². The molecule has 4 saturated carbocycles. The first-order chi connectivity index (χ1) is 11.1. The van der Waals surface area contributed by atoms with Crippen molar-refractivity contribution in [2.75, 3.05) is 5.32 Å². The van der Waals surface area contributed by atoms with Gasteiger partial charge < -0.3 is 19.9 Å². The van der Waals surface area contributed by atoms with Crippen LogP contribution < -0.4 is 5.32 Å². The third-order valence-electron chi connectivity index (χ3n) is 6.45. The van der Waals surface area contributed by atoms with Gasteiger partial charge in [-0.05, 0) is 62.0 Å². The van der Waals surface area contributed by atoms with E-state index in [1.165, 1.54) is 12.8 Å². The monoisotopic (exact) mass is 314 g/mol. The molecule has 0 amide bonds. The lowest BCUT2D eigenvalue weighted by Gasteiger charge is -2.60. The van der Waals surface area contributed by atoms with Crippen LogP contribution in [0.15, 0.2) is 28.7 Å². The van der Waals surface area contributed by atoms with E-state index in [1.807, 2.05) is 24.3 Å². The zero-order valence-corrected chi connectivity index (χ0v) is 13.0. The molecule has 1 aromatic carbocycles. The van der Waals surface area contributed by atoms with Crippen LogP contribution in [0.25, 0.3) is 11.1 Å². The summed E-state index contributed by atoms with van der Waals surface area (Å²) in [5.41, 5.74) is 1.41. The first kappa shape index (κ1) is 13.8. The Kier molecular flexibility index (Phi) is 2.83. The molecule has 2 unspecified atom stereocenters. The number of rotatable bonds is 3. The maximum absolute atomic E-state index is 9.89. The topological polar surface area (TPSA) is 78.5 Å². The van der Waals surface area contributed by atoms with Crippen molar-refractivity contribution in [3.63, 3.8) is 0 Å². The fraction of sp³-hybridized carbons (Fsp3) is 0.611. The Labute approximate surface area is 134 Å². The molecule has 1 aromatic heterocycles. The van der Waals surface area contributed by atoms with Crippen molar-refractivity contribution in [3.05, 3.63) is 24.3 Å². The van der Waals surface area contributed by atoms with Gasteiger partial charge >= 0.3 is 0 Å². The van der Waals surface area contributed by atoms with E-state index in [1.54, 1.807) is 0 Å². The number of anilines is 1. The molecule has 0 spiro atoms. The normalized spacial score (nSPS) is 38.6. The Morgan fingerprint density at radius 3 is 2.57 bits per heavy atom. The molecule has 5 heteroatoms. The summed E-state index contributed by atoms with van der Waals surface area (Å²) < 4.78 is 5.83. The van der Waals surface area contributed by atoms with E-state index < -0.39 is 6.29 Å². The standard InChI is InChI=1S/C18H22N2O3/c21-16(22)18-7-10-5-11(8-18)15(12(6-10)9-18)20-17-19-13-3-1-2-4-14(13)23-17/h1-4,10-12,15-16,21-22H,5-9H2,(H,19,20). The average molecular weight is 314 g/mol. The number of aromatic nitrogens is 1. The van der Waals surface area contributed by atoms with Crippen molar-refractivity contribution >= 4 is 17.1 Å². The Morgan fingerprint density at radius 1 is 1.13 bits per heavy atom. The molecule has 4 aliphatic carbocycles. The highest BCUT2D eigenvalue weighted by Crippen LogP contribution is 2.61. The van der Waals surface area contributed by atoms with Crippen molar-refractivity contribution < 1.29 is 14.6 Å². The van der Waals surface area contributed by atoms with Gasteiger partial charge in [0.25, 0.3) is 6.01 Å². The molecule has 0 saturated heterocycles. The summed E-state index contributed by atoms with van der Waals surface area (Å²) in [5, 5.41) is 23.3. The van der Waals surface area contributed by atoms with Gasteiger partial charge in [-0.15, -0.1) is 0 Å². The number of oxazole rings is 1. The van der Waals surface area contributed by atoms with E-state index in [2.05, 4.69) is 10.3 Å². The summed E-state index contributed by atoms with van der Waals surface area (Å²) in [7, 11) is 0. The number of benzene rings is 1. The number of nitrogens with one attached hydrogen (secondary N) is 1. The highest BCUT2D eigenvalue weighted by Gasteiger charge is 2.58. The second-order valence-corrected chi connectivity index (χ2v) is 7.86. The molecule has 23 heavy (non-hydrogen) atoms. The zero-order valence-electron chi connectivity index (χ0n) is 13.0. The minimum absolute atomic E-state index is 0.268. The Balaban J connectivity index is 1.42. The summed E-state index contributed by atoms with van der Waals surface area (Å²) in [6.07, 6.45) is 3.96. The van der Waals surface area contributed by atoms with Crippen molar-refractivity contribution in [3.8, 4) is 0 Å². The molecule has 4 bridgehead atoms. The van der Waals surface area contributed by atoms with Gasteiger partial charge in [0.05, 0.1) is 0 Å². The van der Waals surface area contributed by atoms with E-state index in [-0.39, 0.29) is 5.41 Å². The smallest absolute Gasteiger partial charge is 0.295 e. The number of aliphatic hydroxyl groups is 2. The van der Waals surface area contributed by atoms with Crippen molar-refractivity contribution in [1.29, 1.82) is 0 Å². The van der Waals surface area contributed by atoms with Crippen LogP contribution in [-0.2, 0) is 0 Å². The van der Waals surface area contributed by atoms with E-state index >= 15 is 0 Å². The van der Waals surface area contributed by atoms with Crippen molar-refractivity contribution in [2.45, 2.75) is 44.4 Å². The highest BCUT2D eigenvalue weighted by atomic mass is 16.5. The number of hydrogen-bond acceptors (Lipinski definition) is 5. The summed E-state index contributed by atoms with van der Waals surface area (Å²) in [6, 6.07) is 8.74. The van der Waals surface area contributed by atoms with Crippen LogP contribution >= 0.6 is 0 Å². The first-order valence-corrected chi connectivity index (χ1v) is 8.61. The second-order valence-electron chi connectivity index (χ2n) is 7.86. The minimum atomic E-state index is -1.18. The van der Waals surface area contributed by atoms with E-state index in [4.69, 9.17) is 4.42 Å². The van der Waals surface area contributed by atoms with Gasteiger partial charge in [-0.2, -0.15) is 4.98 Å². The SMILES string of the molecule is OC(O)C12CC3CC(C1)C(Nc1nc4ccccc4o1)C(C3)C2. The molecule has 0 aliphatic heterocycles. The lowest BCUT2D eigenvalue weighted by Crippen LogP contribution is -2.59. The number of nitrogens with zero attached hydrogens (tertiary/aromatic N) is 1. The van der Waals surface area contributed by atoms with Gasteiger partial charge in [0.15, 0.2) is 11.9 Å². The predicted octanol–water partition coefficient (Wildman–Crippen LogP) is 2.75. The fourth-order valence-electron chi connectivity index (χ4n) is 5.72. The fourth-order valence-corrected chi connectivity index (χ4v) is 5.72. The van der Waals surface area contributed by atoms with Gasteiger partial charge in [0.2, 0.25) is 0 Å². The van der Waals surface area contributed by atoms with E-state index in [0.717, 1.165) is 30.4 Å². The second kappa shape index (κ2) is 4.71. The summed E-state index contributed by atoms with van der Waals surface area (Å²) in [6.45, 7) is 0. The van der Waals surface area contributed by atoms with Crippen molar-refractivity contribution in [1.82, 2.24) is 4.98 Å². The lowest BCUT2D eigenvalue weighted by atomic mass is 9.47. The zero-order chi connectivity index (χ0) is 15.6. The molecular formula is C18H22N2O3. The molecule has 2 atom stereocenters. The Hall–Kier alpha value is -1.59. The molecule has 6 rings (SSSR count). The Bertz CT molecular complexity index is 692. The molecule has 2 aromatic rings. The largest absolute Gasteiger partial charge is 0.424 e. The van der Waals surface area contributed by atoms with Crippen molar-refractivity contribution in [2.24, 2.45) is 23.2 Å². The molecular weight excluding hydrogens is 292 g/mol. The molecule has 4 aliphatic rings. The van der Waals surface area contributed by atoms with Crippen LogP contribution in [0.1, 0.15) is 32.1 Å². The molecule has 3 N–H and O–H groups in total. The lowest BCUT2D eigenvalue weighted by molar-refractivity contribution is -0.205. The summed E-state index contributed by atoms with van der Waals surface area (Å²) in [5.74, 6) is 1.62. The molecule has 0 radical (unpaired) electrons. The number of para-hydroxylation sites is 2. The third-order valence-corrected chi connectivity index (χ3v) is 6.45. The van der Waals surface area contributed by atoms with Crippen LogP contribution in [0.4, 0.5) is 6.01 Å². The third kappa shape index (κ3) is 2.03. The molecule has 122 valence electrons. The minimum Gasteiger partial charge on any atom is -0.424 e. The highest BCUT2D eigenvalue weighted by molar-refractivity contribution is 5.74. The van der Waals surface area contributed by atoms with Crippen LogP contribution in [0.3, 0.4) is 0 Å². The number of fused-ring (bicyclic) bond motifs is 1. The number of hydrogen-bond donors (Lipinski definition) is 3. The Morgan fingerprint density at radius 2 is 1.87 bits per heavy atom. The maximum atomic E-state index is 9.89. The molecule has 4 fully saturated rings. The summed E-state index contributed by atoms with van der Waals surface area (Å²) >= 11 is 0. The number of aliphatic hydroxyl groups excluding tert-OH is 1. The quantitative estimate of drug-likeness (QED) is 0.759. The van der Waals surface area contributed by atoms with Gasteiger partial charge in [-0.3, -0.25) is 0 Å². The predicted molar refractivity (Wildman–Crippen MR) is 85.6 cm³/mol. The van der Waals surface area contributed by atoms with Crippen LogP contribution in [-0.4, -0.2) is 27.5 Å². The summed E-state index contributed by atoms with van der Waals surface area (Å²) in [4.78, 5) is 4.54. The van der Waals surface area contributed by atoms with Gasteiger partial charge in [0, 0.05) is 11.5 Å². The maximum Gasteiger partial charge on any atom is 0.295 e. The van der Waals surface area contributed by atoms with Crippen LogP contribution in [0.5, 0.6) is 0 Å². The van der Waals surface area contributed by atoms with E-state index in [0.29, 0.717) is 29.8 Å².